The summed E-state index contributed by atoms with van der Waals surface area (Å²) in [6.45, 7) is 0.319. The monoisotopic (exact) mass is 257 g/mol. The van der Waals surface area contributed by atoms with E-state index in [0.717, 1.165) is 0 Å². The molecule has 1 aromatic carbocycles. The summed E-state index contributed by atoms with van der Waals surface area (Å²) in [4.78, 5) is 15.1. The number of H-pyrrole nitrogens is 1. The maximum Gasteiger partial charge on any atom is 0.162 e. The molecule has 2 aromatic heterocycles. The fraction of sp³-hybridized carbons (Fsp3) is 0.0833. The molecular weight excluding hydrogens is 246 g/mol. The zero-order chi connectivity index (χ0) is 13.2. The predicted molar refractivity (Wildman–Crippen MR) is 68.8 cm³/mol. The van der Waals surface area contributed by atoms with Crippen LogP contribution in [0.2, 0.25) is 0 Å². The molecule has 7 nitrogen and oxygen atoms in total. The highest BCUT2D eigenvalue weighted by atomic mass is 16.3. The van der Waals surface area contributed by atoms with Crippen molar-refractivity contribution in [1.82, 2.24) is 19.9 Å². The summed E-state index contributed by atoms with van der Waals surface area (Å²) in [7, 11) is 0. The summed E-state index contributed by atoms with van der Waals surface area (Å²) >= 11 is 0. The molecule has 0 atom stereocenters. The van der Waals surface area contributed by atoms with E-state index in [1.54, 1.807) is 12.1 Å². The van der Waals surface area contributed by atoms with Gasteiger partial charge in [0.05, 0.1) is 6.33 Å². The largest absolute Gasteiger partial charge is 0.504 e. The van der Waals surface area contributed by atoms with Crippen molar-refractivity contribution in [3.8, 4) is 11.5 Å². The number of rotatable bonds is 3. The summed E-state index contributed by atoms with van der Waals surface area (Å²) in [5, 5.41) is 22.2. The molecule has 0 saturated heterocycles. The van der Waals surface area contributed by atoms with Crippen LogP contribution in [0, 0.1) is 0 Å². The minimum Gasteiger partial charge on any atom is -0.504 e. The van der Waals surface area contributed by atoms with Crippen LogP contribution in [0.15, 0.2) is 30.9 Å². The highest BCUT2D eigenvalue weighted by molar-refractivity contribution is 5.81. The second kappa shape index (κ2) is 4.45. The molecule has 0 saturated carbocycles. The van der Waals surface area contributed by atoms with Gasteiger partial charge in [-0.25, -0.2) is 15.0 Å². The third-order valence-electron chi connectivity index (χ3n) is 2.76. The average Bonchev–Trinajstić information content (AvgIpc) is 2.89. The smallest absolute Gasteiger partial charge is 0.162 e. The van der Waals surface area contributed by atoms with E-state index in [1.807, 2.05) is 0 Å². The van der Waals surface area contributed by atoms with Crippen molar-refractivity contribution in [3.05, 3.63) is 36.4 Å². The average molecular weight is 257 g/mol. The molecule has 96 valence electrons. The number of phenolic OH excluding ortho intramolecular Hbond substituents is 2. The number of anilines is 1. The van der Waals surface area contributed by atoms with E-state index in [2.05, 4.69) is 25.3 Å². The van der Waals surface area contributed by atoms with Gasteiger partial charge in [0.1, 0.15) is 11.8 Å². The fourth-order valence-corrected chi connectivity index (χ4v) is 1.79. The first-order chi connectivity index (χ1) is 9.25. The molecule has 0 amide bonds. The molecule has 0 radical (unpaired) electrons. The molecule has 19 heavy (non-hydrogen) atoms. The van der Waals surface area contributed by atoms with Crippen molar-refractivity contribution in [3.63, 3.8) is 0 Å². The zero-order valence-corrected chi connectivity index (χ0v) is 9.83. The molecule has 0 aliphatic rings. The standard InChI is InChI=1S/C12H11N5O2/c18-8-3-1-2-7(10(8)19)4-13-11-9-12(15-5-14-9)17-6-16-11/h1-3,5-6,18-19H,4H2,(H2,13,14,15,16,17). The first-order valence-electron chi connectivity index (χ1n) is 5.63. The van der Waals surface area contributed by atoms with Crippen molar-refractivity contribution in [2.45, 2.75) is 6.54 Å². The Balaban J connectivity index is 1.86. The summed E-state index contributed by atoms with van der Waals surface area (Å²) in [5.74, 6) is 0.281. The van der Waals surface area contributed by atoms with Crippen molar-refractivity contribution in [1.29, 1.82) is 0 Å². The van der Waals surface area contributed by atoms with Crippen LogP contribution in [-0.4, -0.2) is 30.1 Å². The van der Waals surface area contributed by atoms with Gasteiger partial charge in [-0.3, -0.25) is 0 Å². The van der Waals surface area contributed by atoms with Crippen molar-refractivity contribution < 1.29 is 10.2 Å². The Morgan fingerprint density at radius 3 is 2.95 bits per heavy atom. The molecule has 3 aromatic rings. The van der Waals surface area contributed by atoms with Crippen LogP contribution in [-0.2, 0) is 6.54 Å². The molecular formula is C12H11N5O2. The highest BCUT2D eigenvalue weighted by Gasteiger charge is 2.08. The molecule has 0 fully saturated rings. The molecule has 0 bridgehead atoms. The van der Waals surface area contributed by atoms with Gasteiger partial charge in [-0.05, 0) is 6.07 Å². The van der Waals surface area contributed by atoms with Crippen LogP contribution >= 0.6 is 0 Å². The normalized spacial score (nSPS) is 10.7. The number of imidazole rings is 1. The Morgan fingerprint density at radius 2 is 2.05 bits per heavy atom. The molecule has 0 unspecified atom stereocenters. The van der Waals surface area contributed by atoms with Gasteiger partial charge >= 0.3 is 0 Å². The van der Waals surface area contributed by atoms with Crippen LogP contribution in [0.5, 0.6) is 11.5 Å². The van der Waals surface area contributed by atoms with Crippen LogP contribution in [0.3, 0.4) is 0 Å². The van der Waals surface area contributed by atoms with E-state index in [0.29, 0.717) is 29.1 Å². The Kier molecular flexibility index (Phi) is 2.64. The van der Waals surface area contributed by atoms with Gasteiger partial charge in [0.2, 0.25) is 0 Å². The Morgan fingerprint density at radius 1 is 1.16 bits per heavy atom. The second-order valence-electron chi connectivity index (χ2n) is 3.96. The van der Waals surface area contributed by atoms with Gasteiger partial charge in [-0.1, -0.05) is 12.1 Å². The summed E-state index contributed by atoms with van der Waals surface area (Å²) in [6.07, 6.45) is 2.96. The zero-order valence-electron chi connectivity index (χ0n) is 9.83. The molecule has 0 aliphatic heterocycles. The number of hydrogen-bond acceptors (Lipinski definition) is 6. The van der Waals surface area contributed by atoms with Gasteiger partial charge < -0.3 is 20.5 Å². The predicted octanol–water partition coefficient (Wildman–Crippen LogP) is 1.38. The van der Waals surface area contributed by atoms with E-state index in [-0.39, 0.29) is 11.5 Å². The molecule has 4 N–H and O–H groups in total. The maximum absolute atomic E-state index is 9.70. The number of phenols is 2. The van der Waals surface area contributed by atoms with Crippen molar-refractivity contribution in [2.75, 3.05) is 5.32 Å². The quantitative estimate of drug-likeness (QED) is 0.528. The molecule has 3 rings (SSSR count). The van der Waals surface area contributed by atoms with Gasteiger partial charge in [-0.15, -0.1) is 0 Å². The molecule has 0 aliphatic carbocycles. The van der Waals surface area contributed by atoms with E-state index in [1.165, 1.54) is 18.7 Å². The molecule has 0 spiro atoms. The highest BCUT2D eigenvalue weighted by Crippen LogP contribution is 2.28. The van der Waals surface area contributed by atoms with Crippen molar-refractivity contribution in [2.24, 2.45) is 0 Å². The van der Waals surface area contributed by atoms with Gasteiger partial charge in [-0.2, -0.15) is 0 Å². The number of aromatic nitrogens is 4. The summed E-state index contributed by atoms with van der Waals surface area (Å²) in [6, 6.07) is 4.80. The number of nitrogens with zero attached hydrogens (tertiary/aromatic N) is 3. The fourth-order valence-electron chi connectivity index (χ4n) is 1.79. The first kappa shape index (κ1) is 11.3. The van der Waals surface area contributed by atoms with E-state index < -0.39 is 0 Å². The number of aromatic hydroxyl groups is 2. The lowest BCUT2D eigenvalue weighted by molar-refractivity contribution is 0.400. The Bertz CT molecular complexity index is 725. The van der Waals surface area contributed by atoms with E-state index in [4.69, 9.17) is 0 Å². The second-order valence-corrected chi connectivity index (χ2v) is 3.96. The number of hydrogen-bond donors (Lipinski definition) is 4. The third kappa shape index (κ3) is 2.01. The van der Waals surface area contributed by atoms with Gasteiger partial charge in [0.15, 0.2) is 23.0 Å². The number of fused-ring (bicyclic) bond motifs is 1. The first-order valence-corrected chi connectivity index (χ1v) is 5.63. The number of para-hydroxylation sites is 1. The SMILES string of the molecule is Oc1cccc(CNc2ncnc3[nH]cnc23)c1O. The lowest BCUT2D eigenvalue weighted by Crippen LogP contribution is -2.02. The van der Waals surface area contributed by atoms with Gasteiger partial charge in [0.25, 0.3) is 0 Å². The lowest BCUT2D eigenvalue weighted by atomic mass is 10.2. The van der Waals surface area contributed by atoms with E-state index >= 15 is 0 Å². The summed E-state index contributed by atoms with van der Waals surface area (Å²) in [5.41, 5.74) is 1.84. The van der Waals surface area contributed by atoms with Crippen LogP contribution in [0.25, 0.3) is 11.2 Å². The van der Waals surface area contributed by atoms with Crippen LogP contribution in [0.1, 0.15) is 5.56 Å². The van der Waals surface area contributed by atoms with Crippen LogP contribution in [0.4, 0.5) is 5.82 Å². The third-order valence-corrected chi connectivity index (χ3v) is 2.76. The minimum atomic E-state index is -0.146. The number of nitrogens with one attached hydrogen (secondary N) is 2. The summed E-state index contributed by atoms with van der Waals surface area (Å²) < 4.78 is 0. The van der Waals surface area contributed by atoms with E-state index in [9.17, 15) is 10.2 Å². The van der Waals surface area contributed by atoms with Crippen molar-refractivity contribution >= 4 is 17.0 Å². The number of benzene rings is 1. The maximum atomic E-state index is 9.70. The minimum absolute atomic E-state index is 0.137. The number of aromatic amines is 1. The lowest BCUT2D eigenvalue weighted by Gasteiger charge is -2.08. The Hall–Kier alpha value is -2.83. The van der Waals surface area contributed by atoms with Crippen LogP contribution < -0.4 is 5.32 Å². The Labute approximate surface area is 108 Å². The van der Waals surface area contributed by atoms with Gasteiger partial charge in [0, 0.05) is 12.1 Å². The topological polar surface area (TPSA) is 107 Å². The molecule has 2 heterocycles. The molecule has 7 heteroatoms.